The summed E-state index contributed by atoms with van der Waals surface area (Å²) in [6.45, 7) is 0.222. The average molecular weight is 286 g/mol. The van der Waals surface area contributed by atoms with Gasteiger partial charge in [-0.2, -0.15) is 0 Å². The third-order valence-corrected chi connectivity index (χ3v) is 3.00. The Morgan fingerprint density at radius 3 is 2.33 bits per heavy atom. The van der Waals surface area contributed by atoms with Crippen LogP contribution in [0, 0.1) is 10.1 Å². The average Bonchev–Trinajstić information content (AvgIpc) is 2.53. The highest BCUT2D eigenvalue weighted by molar-refractivity contribution is 5.98. The van der Waals surface area contributed by atoms with Crippen molar-refractivity contribution in [3.63, 3.8) is 0 Å². The highest BCUT2D eigenvalue weighted by Crippen LogP contribution is 2.17. The molecular weight excluding hydrogens is 272 g/mol. The Morgan fingerprint density at radius 1 is 1.10 bits per heavy atom. The number of hydrogen-bond donors (Lipinski definition) is 2. The minimum absolute atomic E-state index is 0.0366. The van der Waals surface area contributed by atoms with Crippen LogP contribution in [0.4, 0.5) is 5.69 Å². The predicted octanol–water partition coefficient (Wildman–Crippen LogP) is 2.02. The van der Waals surface area contributed by atoms with Crippen LogP contribution >= 0.6 is 0 Å². The minimum Gasteiger partial charge on any atom is -0.392 e. The second kappa shape index (κ2) is 6.62. The van der Waals surface area contributed by atoms with E-state index in [1.54, 1.807) is 30.3 Å². The predicted molar refractivity (Wildman–Crippen MR) is 76.6 cm³/mol. The molecule has 0 fully saturated rings. The van der Waals surface area contributed by atoms with Crippen molar-refractivity contribution in [1.82, 2.24) is 5.32 Å². The number of nitro benzene ring substituents is 1. The Hall–Kier alpha value is -2.73. The van der Waals surface area contributed by atoms with Gasteiger partial charge in [0.15, 0.2) is 0 Å². The summed E-state index contributed by atoms with van der Waals surface area (Å²) in [4.78, 5) is 22.3. The fourth-order valence-corrected chi connectivity index (χ4v) is 1.86. The first-order valence-corrected chi connectivity index (χ1v) is 6.32. The molecule has 1 amide bonds. The van der Waals surface area contributed by atoms with Gasteiger partial charge in [0.05, 0.1) is 11.5 Å². The van der Waals surface area contributed by atoms with Gasteiger partial charge >= 0.3 is 0 Å². The Bertz CT molecular complexity index is 653. The molecular formula is C15H14N2O4. The lowest BCUT2D eigenvalue weighted by atomic mass is 10.1. The third-order valence-electron chi connectivity index (χ3n) is 3.00. The summed E-state index contributed by atoms with van der Waals surface area (Å²) < 4.78 is 0. The number of carbonyl (C=O) groups is 1. The highest BCUT2D eigenvalue weighted by Gasteiger charge is 2.18. The number of nitro groups is 1. The van der Waals surface area contributed by atoms with Gasteiger partial charge in [-0.05, 0) is 17.2 Å². The topological polar surface area (TPSA) is 92.5 Å². The molecule has 0 aliphatic carbocycles. The molecule has 6 nitrogen and oxygen atoms in total. The Balaban J connectivity index is 2.06. The Morgan fingerprint density at radius 2 is 1.71 bits per heavy atom. The second-order valence-corrected chi connectivity index (χ2v) is 4.43. The van der Waals surface area contributed by atoms with Gasteiger partial charge in [0, 0.05) is 12.6 Å². The van der Waals surface area contributed by atoms with Crippen molar-refractivity contribution in [2.75, 3.05) is 0 Å². The molecule has 0 heterocycles. The van der Waals surface area contributed by atoms with E-state index in [2.05, 4.69) is 5.32 Å². The number of benzene rings is 2. The number of hydrogen-bond acceptors (Lipinski definition) is 4. The van der Waals surface area contributed by atoms with Crippen molar-refractivity contribution >= 4 is 11.6 Å². The molecule has 108 valence electrons. The first kappa shape index (κ1) is 14.7. The maximum Gasteiger partial charge on any atom is 0.282 e. The van der Waals surface area contributed by atoms with Gasteiger partial charge in [-0.1, -0.05) is 36.4 Å². The van der Waals surface area contributed by atoms with Crippen molar-refractivity contribution < 1.29 is 14.8 Å². The van der Waals surface area contributed by atoms with Gasteiger partial charge in [0.2, 0.25) is 0 Å². The fourth-order valence-electron chi connectivity index (χ4n) is 1.86. The number of rotatable bonds is 5. The van der Waals surface area contributed by atoms with Crippen molar-refractivity contribution in [1.29, 1.82) is 0 Å². The number of nitrogens with one attached hydrogen (secondary N) is 1. The molecule has 0 aromatic heterocycles. The van der Waals surface area contributed by atoms with Crippen molar-refractivity contribution in [3.8, 4) is 0 Å². The normalized spacial score (nSPS) is 10.1. The van der Waals surface area contributed by atoms with E-state index >= 15 is 0 Å². The number of aliphatic hydroxyl groups excluding tert-OH is 1. The lowest BCUT2D eigenvalue weighted by Gasteiger charge is -2.06. The van der Waals surface area contributed by atoms with Gasteiger partial charge in [-0.15, -0.1) is 0 Å². The van der Waals surface area contributed by atoms with Crippen LogP contribution in [0.3, 0.4) is 0 Å². The molecule has 0 saturated heterocycles. The molecule has 21 heavy (non-hydrogen) atoms. The molecule has 2 aromatic carbocycles. The van der Waals surface area contributed by atoms with E-state index in [0.717, 1.165) is 11.1 Å². The third kappa shape index (κ3) is 3.64. The molecule has 0 bridgehead atoms. The lowest BCUT2D eigenvalue weighted by Crippen LogP contribution is -2.23. The molecule has 0 aliphatic heterocycles. The van der Waals surface area contributed by atoms with E-state index in [-0.39, 0.29) is 24.4 Å². The fraction of sp³-hybridized carbons (Fsp3) is 0.133. The number of nitrogens with zero attached hydrogens (tertiary/aromatic N) is 1. The van der Waals surface area contributed by atoms with Gasteiger partial charge < -0.3 is 10.4 Å². The van der Waals surface area contributed by atoms with Gasteiger partial charge in [0.25, 0.3) is 11.6 Å². The van der Waals surface area contributed by atoms with E-state index in [1.807, 2.05) is 0 Å². The molecule has 6 heteroatoms. The molecule has 0 atom stereocenters. The van der Waals surface area contributed by atoms with Crippen LogP contribution < -0.4 is 5.32 Å². The summed E-state index contributed by atoms with van der Waals surface area (Å²) in [5.74, 6) is -0.492. The van der Waals surface area contributed by atoms with Gasteiger partial charge in [-0.25, -0.2) is 0 Å². The monoisotopic (exact) mass is 286 g/mol. The summed E-state index contributed by atoms with van der Waals surface area (Å²) >= 11 is 0. The lowest BCUT2D eigenvalue weighted by molar-refractivity contribution is -0.385. The van der Waals surface area contributed by atoms with Crippen LogP contribution in [0.25, 0.3) is 0 Å². The van der Waals surface area contributed by atoms with E-state index in [0.29, 0.717) is 0 Å². The van der Waals surface area contributed by atoms with Crippen LogP contribution in [-0.2, 0) is 13.2 Å². The summed E-state index contributed by atoms with van der Waals surface area (Å²) in [5, 5.41) is 22.5. The number of carbonyl (C=O) groups excluding carboxylic acids is 1. The van der Waals surface area contributed by atoms with Crippen LogP contribution in [0.1, 0.15) is 21.5 Å². The maximum atomic E-state index is 12.0. The number of amides is 1. The highest BCUT2D eigenvalue weighted by atomic mass is 16.6. The Kier molecular flexibility index (Phi) is 4.63. The van der Waals surface area contributed by atoms with E-state index in [4.69, 9.17) is 5.11 Å². The molecule has 2 rings (SSSR count). The molecule has 2 aromatic rings. The zero-order valence-electron chi connectivity index (χ0n) is 11.2. The number of aliphatic hydroxyl groups is 1. The smallest absolute Gasteiger partial charge is 0.282 e. The maximum absolute atomic E-state index is 12.0. The second-order valence-electron chi connectivity index (χ2n) is 4.43. The molecule has 0 spiro atoms. The van der Waals surface area contributed by atoms with E-state index in [1.165, 1.54) is 18.2 Å². The summed E-state index contributed by atoms with van der Waals surface area (Å²) in [6, 6.07) is 12.9. The zero-order valence-corrected chi connectivity index (χ0v) is 11.2. The van der Waals surface area contributed by atoms with Gasteiger partial charge in [-0.3, -0.25) is 14.9 Å². The van der Waals surface area contributed by atoms with Crippen molar-refractivity contribution in [2.45, 2.75) is 13.2 Å². The van der Waals surface area contributed by atoms with Gasteiger partial charge in [0.1, 0.15) is 5.56 Å². The SMILES string of the molecule is O=C(NCc1ccc(CO)cc1)c1ccccc1[N+](=O)[O-]. The van der Waals surface area contributed by atoms with Crippen LogP contribution in [0.5, 0.6) is 0 Å². The number of para-hydroxylation sites is 1. The first-order chi connectivity index (χ1) is 10.1. The largest absolute Gasteiger partial charge is 0.392 e. The van der Waals surface area contributed by atoms with Crippen LogP contribution in [0.2, 0.25) is 0 Å². The summed E-state index contributed by atoms with van der Waals surface area (Å²) in [6.07, 6.45) is 0. The molecule has 0 unspecified atom stereocenters. The van der Waals surface area contributed by atoms with Crippen LogP contribution in [-0.4, -0.2) is 15.9 Å². The van der Waals surface area contributed by atoms with Crippen molar-refractivity contribution in [3.05, 3.63) is 75.3 Å². The standard InChI is InChI=1S/C15H14N2O4/c18-10-12-7-5-11(6-8-12)9-16-15(19)13-3-1-2-4-14(13)17(20)21/h1-8,18H,9-10H2,(H,16,19). The minimum atomic E-state index is -0.578. The molecule has 0 aliphatic rings. The van der Waals surface area contributed by atoms with E-state index in [9.17, 15) is 14.9 Å². The Labute approximate surface area is 121 Å². The summed E-state index contributed by atoms with van der Waals surface area (Å²) in [7, 11) is 0. The molecule has 0 saturated carbocycles. The van der Waals surface area contributed by atoms with E-state index < -0.39 is 10.8 Å². The first-order valence-electron chi connectivity index (χ1n) is 6.32. The molecule has 2 N–H and O–H groups in total. The van der Waals surface area contributed by atoms with Crippen molar-refractivity contribution in [2.24, 2.45) is 0 Å². The summed E-state index contributed by atoms with van der Waals surface area (Å²) in [5.41, 5.74) is 1.45. The van der Waals surface area contributed by atoms with Crippen LogP contribution in [0.15, 0.2) is 48.5 Å². The quantitative estimate of drug-likeness (QED) is 0.649. The zero-order chi connectivity index (χ0) is 15.2. The molecule has 0 radical (unpaired) electrons.